The lowest BCUT2D eigenvalue weighted by molar-refractivity contribution is -0.123. The van der Waals surface area contributed by atoms with Gasteiger partial charge in [-0.1, -0.05) is 48.0 Å². The molecule has 162 valence electrons. The summed E-state index contributed by atoms with van der Waals surface area (Å²) in [4.78, 5) is 30.0. The third-order valence-electron chi connectivity index (χ3n) is 5.90. The highest BCUT2D eigenvalue weighted by Gasteiger charge is 2.59. The third-order valence-corrected chi connectivity index (χ3v) is 7.56. The van der Waals surface area contributed by atoms with Crippen molar-refractivity contribution in [1.82, 2.24) is 4.90 Å². The Morgan fingerprint density at radius 3 is 2.69 bits per heavy atom. The van der Waals surface area contributed by atoms with Gasteiger partial charge in [0.2, 0.25) is 0 Å². The molecular weight excluding hydrogens is 444 g/mol. The van der Waals surface area contributed by atoms with E-state index in [2.05, 4.69) is 0 Å². The van der Waals surface area contributed by atoms with Crippen molar-refractivity contribution < 1.29 is 14.3 Å². The monoisotopic (exact) mass is 464 g/mol. The van der Waals surface area contributed by atoms with E-state index in [4.69, 9.17) is 16.3 Å². The maximum Gasteiger partial charge on any atom is 0.268 e. The zero-order valence-corrected chi connectivity index (χ0v) is 19.0. The first kappa shape index (κ1) is 20.9. The molecule has 0 radical (unpaired) electrons. The van der Waals surface area contributed by atoms with Crippen molar-refractivity contribution in [2.75, 3.05) is 24.3 Å². The molecule has 1 saturated heterocycles. The molecule has 3 aromatic rings. The maximum atomic E-state index is 14.0. The fraction of sp³-hybridized carbons (Fsp3) is 0.200. The molecule has 2 heterocycles. The second kappa shape index (κ2) is 8.19. The van der Waals surface area contributed by atoms with E-state index in [-0.39, 0.29) is 11.8 Å². The zero-order valence-electron chi connectivity index (χ0n) is 17.5. The van der Waals surface area contributed by atoms with Gasteiger partial charge in [-0.05, 0) is 42.0 Å². The van der Waals surface area contributed by atoms with Gasteiger partial charge in [-0.3, -0.25) is 9.59 Å². The number of ether oxygens (including phenoxy) is 1. The topological polar surface area (TPSA) is 49.9 Å². The summed E-state index contributed by atoms with van der Waals surface area (Å²) < 4.78 is 5.29. The standard InChI is InChI=1S/C25H21ClN2O3S/c1-31-20-9-5-8-18(14-20)23(29)28-12-13-32-25(28)21-15-19(26)10-11-22(21)27(24(25)30)16-17-6-3-2-4-7-17/h2-11,14-15H,12-13,16H2,1H3/t25-/m1/s1. The van der Waals surface area contributed by atoms with E-state index < -0.39 is 4.87 Å². The fourth-order valence-corrected chi connectivity index (χ4v) is 6.05. The normalized spacial score (nSPS) is 19.5. The Kier molecular flexibility index (Phi) is 5.35. The molecule has 0 saturated carbocycles. The van der Waals surface area contributed by atoms with E-state index in [0.29, 0.717) is 35.2 Å². The summed E-state index contributed by atoms with van der Waals surface area (Å²) in [6, 6.07) is 22.4. The summed E-state index contributed by atoms with van der Waals surface area (Å²) in [5.74, 6) is 0.947. The summed E-state index contributed by atoms with van der Waals surface area (Å²) in [6.07, 6.45) is 0. The van der Waals surface area contributed by atoms with Crippen molar-refractivity contribution in [1.29, 1.82) is 0 Å². The Bertz CT molecular complexity index is 1200. The Balaban J connectivity index is 1.59. The molecule has 7 heteroatoms. The first-order chi connectivity index (χ1) is 15.5. The molecular formula is C25H21ClN2O3S. The van der Waals surface area contributed by atoms with Crippen LogP contribution in [0, 0.1) is 0 Å². The fourth-order valence-electron chi connectivity index (χ4n) is 4.42. The summed E-state index contributed by atoms with van der Waals surface area (Å²) in [7, 11) is 1.57. The molecule has 1 fully saturated rings. The molecule has 5 nitrogen and oxygen atoms in total. The molecule has 0 unspecified atom stereocenters. The van der Waals surface area contributed by atoms with Crippen molar-refractivity contribution in [3.63, 3.8) is 0 Å². The minimum atomic E-state index is -1.13. The lowest BCUT2D eigenvalue weighted by Crippen LogP contribution is -2.50. The van der Waals surface area contributed by atoms with Gasteiger partial charge in [0.1, 0.15) is 5.75 Å². The number of halogens is 1. The number of carbonyl (C=O) groups is 2. The van der Waals surface area contributed by atoms with E-state index in [0.717, 1.165) is 16.8 Å². The van der Waals surface area contributed by atoms with Gasteiger partial charge in [-0.25, -0.2) is 0 Å². The van der Waals surface area contributed by atoms with Crippen LogP contribution in [0.25, 0.3) is 0 Å². The first-order valence-electron chi connectivity index (χ1n) is 10.3. The number of nitrogens with zero attached hydrogens (tertiary/aromatic N) is 2. The van der Waals surface area contributed by atoms with E-state index in [9.17, 15) is 9.59 Å². The number of carbonyl (C=O) groups excluding carboxylic acids is 2. The van der Waals surface area contributed by atoms with Crippen LogP contribution in [0.15, 0.2) is 72.8 Å². The molecule has 2 aliphatic rings. The molecule has 1 spiro atoms. The van der Waals surface area contributed by atoms with Gasteiger partial charge in [0.15, 0.2) is 4.87 Å². The van der Waals surface area contributed by atoms with Crippen molar-refractivity contribution >= 4 is 40.9 Å². The third kappa shape index (κ3) is 3.26. The summed E-state index contributed by atoms with van der Waals surface area (Å²) in [5.41, 5.74) is 3.07. The van der Waals surface area contributed by atoms with Gasteiger partial charge in [0, 0.05) is 28.4 Å². The predicted molar refractivity (Wildman–Crippen MR) is 127 cm³/mol. The number of hydrogen-bond acceptors (Lipinski definition) is 4. The molecule has 0 bridgehead atoms. The van der Waals surface area contributed by atoms with E-state index in [1.54, 1.807) is 47.2 Å². The van der Waals surface area contributed by atoms with Gasteiger partial charge in [0.25, 0.3) is 11.8 Å². The van der Waals surface area contributed by atoms with Gasteiger partial charge in [-0.15, -0.1) is 11.8 Å². The van der Waals surface area contributed by atoms with Crippen molar-refractivity contribution in [3.05, 3.63) is 94.5 Å². The molecule has 2 aliphatic heterocycles. The molecule has 3 aromatic carbocycles. The van der Waals surface area contributed by atoms with E-state index in [1.807, 2.05) is 42.5 Å². The lowest BCUT2D eigenvalue weighted by atomic mass is 10.0. The predicted octanol–water partition coefficient (Wildman–Crippen LogP) is 4.94. The maximum absolute atomic E-state index is 14.0. The van der Waals surface area contributed by atoms with Crippen LogP contribution in [0.2, 0.25) is 5.02 Å². The second-order valence-corrected chi connectivity index (χ2v) is 9.44. The zero-order chi connectivity index (χ0) is 22.3. The van der Waals surface area contributed by atoms with Gasteiger partial charge in [0.05, 0.1) is 19.3 Å². The minimum Gasteiger partial charge on any atom is -0.497 e. The molecule has 2 amide bonds. The highest BCUT2D eigenvalue weighted by Crippen LogP contribution is 2.55. The SMILES string of the molecule is COc1cccc(C(=O)N2CCS[C@]23C(=O)N(Cc2ccccc2)c2ccc(Cl)cc23)c1. The molecule has 0 aromatic heterocycles. The number of rotatable bonds is 4. The average molecular weight is 465 g/mol. The van der Waals surface area contributed by atoms with Gasteiger partial charge < -0.3 is 14.5 Å². The van der Waals surface area contributed by atoms with Crippen LogP contribution in [0.4, 0.5) is 5.69 Å². The summed E-state index contributed by atoms with van der Waals surface area (Å²) >= 11 is 7.86. The largest absolute Gasteiger partial charge is 0.497 e. The molecule has 5 rings (SSSR count). The van der Waals surface area contributed by atoms with E-state index in [1.165, 1.54) is 11.8 Å². The highest BCUT2D eigenvalue weighted by molar-refractivity contribution is 8.01. The number of anilines is 1. The average Bonchev–Trinajstić information content (AvgIpc) is 3.36. The molecule has 1 atom stereocenters. The van der Waals surface area contributed by atoms with Crippen LogP contribution in [-0.4, -0.2) is 36.1 Å². The van der Waals surface area contributed by atoms with Crippen LogP contribution >= 0.6 is 23.4 Å². The number of thioether (sulfide) groups is 1. The number of fused-ring (bicyclic) bond motifs is 2. The smallest absolute Gasteiger partial charge is 0.268 e. The van der Waals surface area contributed by atoms with Crippen molar-refractivity contribution in [2.45, 2.75) is 11.4 Å². The number of methoxy groups -OCH3 is 1. The molecule has 0 aliphatic carbocycles. The lowest BCUT2D eigenvalue weighted by Gasteiger charge is -2.33. The van der Waals surface area contributed by atoms with Crippen LogP contribution in [0.1, 0.15) is 21.5 Å². The van der Waals surface area contributed by atoms with Crippen LogP contribution < -0.4 is 9.64 Å². The highest BCUT2D eigenvalue weighted by atomic mass is 35.5. The van der Waals surface area contributed by atoms with Crippen LogP contribution in [0.5, 0.6) is 5.75 Å². The van der Waals surface area contributed by atoms with E-state index >= 15 is 0 Å². The quantitative estimate of drug-likeness (QED) is 0.549. The van der Waals surface area contributed by atoms with Crippen LogP contribution in [-0.2, 0) is 16.2 Å². The Labute approximate surface area is 195 Å². The Hall–Kier alpha value is -2.96. The molecule has 32 heavy (non-hydrogen) atoms. The van der Waals surface area contributed by atoms with Gasteiger partial charge in [-0.2, -0.15) is 0 Å². The number of amides is 2. The van der Waals surface area contributed by atoms with Crippen molar-refractivity contribution in [3.8, 4) is 5.75 Å². The first-order valence-corrected chi connectivity index (χ1v) is 11.7. The Morgan fingerprint density at radius 1 is 1.09 bits per heavy atom. The second-order valence-electron chi connectivity index (χ2n) is 7.72. The van der Waals surface area contributed by atoms with Gasteiger partial charge >= 0.3 is 0 Å². The van der Waals surface area contributed by atoms with Crippen molar-refractivity contribution in [2.24, 2.45) is 0 Å². The minimum absolute atomic E-state index is 0.114. The van der Waals surface area contributed by atoms with Crippen LogP contribution in [0.3, 0.4) is 0 Å². The number of hydrogen-bond donors (Lipinski definition) is 0. The Morgan fingerprint density at radius 2 is 1.91 bits per heavy atom. The summed E-state index contributed by atoms with van der Waals surface area (Å²) in [6.45, 7) is 0.898. The molecule has 0 N–H and O–H groups in total. The summed E-state index contributed by atoms with van der Waals surface area (Å²) in [5, 5.41) is 0.541. The number of benzene rings is 3.